The molecule has 4 heteroatoms. The normalized spacial score (nSPS) is 10.7. The van der Waals surface area contributed by atoms with Gasteiger partial charge in [-0.25, -0.2) is 4.98 Å². The molecule has 3 aromatic rings. The Morgan fingerprint density at radius 3 is 2.67 bits per heavy atom. The van der Waals surface area contributed by atoms with Crippen LogP contribution in [0.5, 0.6) is 0 Å². The third-order valence-corrected chi connectivity index (χ3v) is 4.00. The molecule has 0 fully saturated rings. The molecule has 0 atom stereocenters. The Bertz CT molecular complexity index is 640. The van der Waals surface area contributed by atoms with Crippen LogP contribution < -0.4 is 0 Å². The zero-order valence-electron chi connectivity index (χ0n) is 10.1. The molecule has 3 rings (SSSR count). The molecule has 18 heavy (non-hydrogen) atoms. The lowest BCUT2D eigenvalue weighted by molar-refractivity contribution is 1.10. The monoisotopic (exact) mass is 255 g/mol. The van der Waals surface area contributed by atoms with Crippen LogP contribution in [0.4, 0.5) is 0 Å². The minimum absolute atomic E-state index is 0.747. The highest BCUT2D eigenvalue weighted by Gasteiger charge is 2.09. The Labute approximate surface area is 110 Å². The summed E-state index contributed by atoms with van der Waals surface area (Å²) in [6.07, 6.45) is 1.06. The van der Waals surface area contributed by atoms with Crippen LogP contribution in [0.3, 0.4) is 0 Å². The number of thiophene rings is 1. The Hall–Kier alpha value is -1.94. The summed E-state index contributed by atoms with van der Waals surface area (Å²) < 4.78 is 0. The molecular weight excluding hydrogens is 242 g/mol. The van der Waals surface area contributed by atoms with Crippen LogP contribution in [0.1, 0.15) is 11.8 Å². The molecule has 0 spiro atoms. The lowest BCUT2D eigenvalue weighted by Crippen LogP contribution is -1.78. The average Bonchev–Trinajstić information content (AvgIpc) is 3.08. The summed E-state index contributed by atoms with van der Waals surface area (Å²) in [7, 11) is 0. The van der Waals surface area contributed by atoms with Gasteiger partial charge in [-0.1, -0.05) is 37.3 Å². The predicted molar refractivity (Wildman–Crippen MR) is 74.5 cm³/mol. The van der Waals surface area contributed by atoms with E-state index >= 15 is 0 Å². The molecule has 0 amide bonds. The molecule has 0 saturated carbocycles. The molecule has 0 radical (unpaired) electrons. The van der Waals surface area contributed by atoms with Crippen molar-refractivity contribution in [2.24, 2.45) is 0 Å². The van der Waals surface area contributed by atoms with Crippen molar-refractivity contribution in [2.75, 3.05) is 0 Å². The lowest BCUT2D eigenvalue weighted by Gasteiger charge is -1.91. The summed E-state index contributed by atoms with van der Waals surface area (Å²) in [6, 6.07) is 14.2. The third-order valence-electron chi connectivity index (χ3n) is 2.76. The van der Waals surface area contributed by atoms with Gasteiger partial charge >= 0.3 is 0 Å². The fourth-order valence-corrected chi connectivity index (χ4v) is 2.67. The van der Waals surface area contributed by atoms with E-state index in [4.69, 9.17) is 0 Å². The van der Waals surface area contributed by atoms with E-state index in [9.17, 15) is 0 Å². The second-order valence-corrected chi connectivity index (χ2v) is 5.16. The molecule has 0 saturated heterocycles. The maximum atomic E-state index is 4.54. The van der Waals surface area contributed by atoms with Crippen LogP contribution in [0.15, 0.2) is 42.5 Å². The average molecular weight is 255 g/mol. The zero-order chi connectivity index (χ0) is 12.4. The highest BCUT2D eigenvalue weighted by atomic mass is 32.1. The van der Waals surface area contributed by atoms with Crippen LogP contribution in [0.2, 0.25) is 0 Å². The Balaban J connectivity index is 1.94. The summed E-state index contributed by atoms with van der Waals surface area (Å²) in [6.45, 7) is 2.16. The van der Waals surface area contributed by atoms with Crippen LogP contribution in [-0.4, -0.2) is 15.2 Å². The summed E-state index contributed by atoms with van der Waals surface area (Å²) >= 11 is 1.76. The van der Waals surface area contributed by atoms with E-state index in [0.29, 0.717) is 0 Å². The number of benzene rings is 1. The summed E-state index contributed by atoms with van der Waals surface area (Å²) in [4.78, 5) is 7.05. The first-order valence-electron chi connectivity index (χ1n) is 5.93. The van der Waals surface area contributed by atoms with E-state index in [1.807, 2.05) is 30.3 Å². The van der Waals surface area contributed by atoms with Gasteiger partial charge in [-0.05, 0) is 18.6 Å². The van der Waals surface area contributed by atoms with Crippen molar-refractivity contribution in [1.29, 1.82) is 0 Å². The molecule has 2 aromatic heterocycles. The Morgan fingerprint density at radius 2 is 1.94 bits per heavy atom. The van der Waals surface area contributed by atoms with E-state index in [2.05, 4.69) is 34.2 Å². The zero-order valence-corrected chi connectivity index (χ0v) is 10.9. The molecule has 0 unspecified atom stereocenters. The molecule has 0 aliphatic rings. The van der Waals surface area contributed by atoms with Gasteiger partial charge in [0.25, 0.3) is 0 Å². The van der Waals surface area contributed by atoms with E-state index in [1.54, 1.807) is 11.3 Å². The van der Waals surface area contributed by atoms with Gasteiger partial charge in [0.1, 0.15) is 0 Å². The van der Waals surface area contributed by atoms with Crippen molar-refractivity contribution in [3.8, 4) is 22.1 Å². The van der Waals surface area contributed by atoms with Crippen molar-refractivity contribution in [1.82, 2.24) is 15.2 Å². The minimum atomic E-state index is 0.747. The number of H-pyrrole nitrogens is 1. The number of aromatic nitrogens is 3. The first-order valence-corrected chi connectivity index (χ1v) is 6.75. The molecule has 0 aliphatic heterocycles. The first-order chi connectivity index (χ1) is 8.86. The van der Waals surface area contributed by atoms with Gasteiger partial charge in [-0.3, -0.25) is 5.10 Å². The maximum absolute atomic E-state index is 4.54. The van der Waals surface area contributed by atoms with Crippen molar-refractivity contribution in [2.45, 2.75) is 13.3 Å². The SMILES string of the molecule is CCc1ccc(-c2nc(-c3ccccc3)n[nH]2)s1. The largest absolute Gasteiger partial charge is 0.258 e. The van der Waals surface area contributed by atoms with Gasteiger partial charge in [0, 0.05) is 10.4 Å². The first kappa shape index (κ1) is 11.2. The number of hydrogen-bond donors (Lipinski definition) is 1. The number of aryl methyl sites for hydroxylation is 1. The molecule has 90 valence electrons. The minimum Gasteiger partial charge on any atom is -0.258 e. The standard InChI is InChI=1S/C14H13N3S/c1-2-11-8-9-12(18-11)14-15-13(16-17-14)10-6-4-3-5-7-10/h3-9H,2H2,1H3,(H,15,16,17). The van der Waals surface area contributed by atoms with Crippen molar-refractivity contribution < 1.29 is 0 Å². The fourth-order valence-electron chi connectivity index (χ4n) is 1.78. The Kier molecular flexibility index (Phi) is 2.94. The smallest absolute Gasteiger partial charge is 0.181 e. The van der Waals surface area contributed by atoms with Crippen LogP contribution in [0, 0.1) is 0 Å². The molecule has 0 aliphatic carbocycles. The lowest BCUT2D eigenvalue weighted by atomic mass is 10.2. The van der Waals surface area contributed by atoms with Gasteiger partial charge < -0.3 is 0 Å². The van der Waals surface area contributed by atoms with Gasteiger partial charge in [-0.15, -0.1) is 11.3 Å². The van der Waals surface area contributed by atoms with Crippen molar-refractivity contribution in [3.05, 3.63) is 47.3 Å². The highest BCUT2D eigenvalue weighted by Crippen LogP contribution is 2.27. The topological polar surface area (TPSA) is 41.6 Å². The van der Waals surface area contributed by atoms with Crippen LogP contribution in [-0.2, 0) is 6.42 Å². The molecule has 2 heterocycles. The maximum Gasteiger partial charge on any atom is 0.181 e. The number of aromatic amines is 1. The summed E-state index contributed by atoms with van der Waals surface area (Å²) in [5.74, 6) is 1.59. The molecule has 3 nitrogen and oxygen atoms in total. The second-order valence-electron chi connectivity index (χ2n) is 3.99. The number of nitrogens with one attached hydrogen (secondary N) is 1. The number of hydrogen-bond acceptors (Lipinski definition) is 3. The van der Waals surface area contributed by atoms with Crippen LogP contribution in [0.25, 0.3) is 22.1 Å². The number of rotatable bonds is 3. The van der Waals surface area contributed by atoms with E-state index in [1.165, 1.54) is 4.88 Å². The summed E-state index contributed by atoms with van der Waals surface area (Å²) in [5, 5.41) is 7.28. The van der Waals surface area contributed by atoms with Crippen molar-refractivity contribution >= 4 is 11.3 Å². The van der Waals surface area contributed by atoms with E-state index < -0.39 is 0 Å². The number of nitrogens with zero attached hydrogens (tertiary/aromatic N) is 2. The van der Waals surface area contributed by atoms with Gasteiger partial charge in [-0.2, -0.15) is 5.10 Å². The quantitative estimate of drug-likeness (QED) is 0.774. The fraction of sp³-hybridized carbons (Fsp3) is 0.143. The van der Waals surface area contributed by atoms with Gasteiger partial charge in [0.05, 0.1) is 4.88 Å². The summed E-state index contributed by atoms with van der Waals surface area (Å²) in [5.41, 5.74) is 1.03. The van der Waals surface area contributed by atoms with E-state index in [0.717, 1.165) is 28.5 Å². The third kappa shape index (κ3) is 2.07. The van der Waals surface area contributed by atoms with Crippen LogP contribution >= 0.6 is 11.3 Å². The molecular formula is C14H13N3S. The van der Waals surface area contributed by atoms with Gasteiger partial charge in [0.2, 0.25) is 0 Å². The van der Waals surface area contributed by atoms with E-state index in [-0.39, 0.29) is 0 Å². The molecule has 1 N–H and O–H groups in total. The highest BCUT2D eigenvalue weighted by molar-refractivity contribution is 7.15. The van der Waals surface area contributed by atoms with Gasteiger partial charge in [0.15, 0.2) is 11.6 Å². The Morgan fingerprint density at radius 1 is 1.11 bits per heavy atom. The van der Waals surface area contributed by atoms with Crippen molar-refractivity contribution in [3.63, 3.8) is 0 Å². The predicted octanol–water partition coefficient (Wildman–Crippen LogP) is 3.76. The molecule has 0 bridgehead atoms. The molecule has 1 aromatic carbocycles. The second kappa shape index (κ2) is 4.74.